The van der Waals surface area contributed by atoms with E-state index in [0.717, 1.165) is 23.0 Å². The van der Waals surface area contributed by atoms with E-state index in [1.54, 1.807) is 13.1 Å². The summed E-state index contributed by atoms with van der Waals surface area (Å²) in [6.07, 6.45) is 3.29. The molecule has 1 aromatic heterocycles. The molecule has 1 heterocycles. The number of nitrogens with zero attached hydrogens (tertiary/aromatic N) is 1. The lowest BCUT2D eigenvalue weighted by atomic mass is 9.96. The molecule has 0 fully saturated rings. The van der Waals surface area contributed by atoms with Crippen LogP contribution in [0.3, 0.4) is 0 Å². The Morgan fingerprint density at radius 3 is 2.85 bits per heavy atom. The molecular formula is C15H20ClN3O. The smallest absolute Gasteiger partial charge is 0.244 e. The molecular weight excluding hydrogens is 274 g/mol. The number of pyridine rings is 1. The van der Waals surface area contributed by atoms with Crippen LogP contribution in [0.25, 0.3) is 10.9 Å². The predicted octanol–water partition coefficient (Wildman–Crippen LogP) is 3.11. The quantitative estimate of drug-likeness (QED) is 0.910. The number of hydrogen-bond acceptors (Lipinski definition) is 3. The highest BCUT2D eigenvalue weighted by atomic mass is 35.5. The number of fused-ring (bicyclic) bond motifs is 1. The van der Waals surface area contributed by atoms with Gasteiger partial charge in [-0.2, -0.15) is 0 Å². The number of hydrogen-bond donors (Lipinski definition) is 2. The van der Waals surface area contributed by atoms with Crippen molar-refractivity contribution in [3.63, 3.8) is 0 Å². The highest BCUT2D eigenvalue weighted by molar-refractivity contribution is 5.99. The Kier molecular flexibility index (Phi) is 5.48. The number of rotatable bonds is 4. The summed E-state index contributed by atoms with van der Waals surface area (Å²) in [5.41, 5.74) is 6.83. The minimum absolute atomic E-state index is 0. The Morgan fingerprint density at radius 1 is 1.40 bits per heavy atom. The molecule has 108 valence electrons. The summed E-state index contributed by atoms with van der Waals surface area (Å²) in [6.45, 7) is 3.77. The van der Waals surface area contributed by atoms with Crippen LogP contribution in [-0.4, -0.2) is 16.4 Å². The molecule has 0 saturated heterocycles. The molecule has 1 unspecified atom stereocenters. The fourth-order valence-corrected chi connectivity index (χ4v) is 2.06. The summed E-state index contributed by atoms with van der Waals surface area (Å²) < 4.78 is 0. The van der Waals surface area contributed by atoms with E-state index >= 15 is 0 Å². The number of carbonyl (C=O) groups excluding carboxylic acids is 1. The van der Waals surface area contributed by atoms with E-state index in [9.17, 15) is 4.79 Å². The van der Waals surface area contributed by atoms with Crippen LogP contribution in [0, 0.1) is 0 Å². The third kappa shape index (κ3) is 3.68. The molecule has 5 heteroatoms. The first kappa shape index (κ1) is 16.4. The third-order valence-corrected chi connectivity index (χ3v) is 3.15. The van der Waals surface area contributed by atoms with Crippen molar-refractivity contribution in [2.75, 3.05) is 5.32 Å². The molecule has 1 aromatic carbocycles. The predicted molar refractivity (Wildman–Crippen MR) is 85.1 cm³/mol. The minimum atomic E-state index is -0.835. The zero-order chi connectivity index (χ0) is 13.9. The Labute approximate surface area is 125 Å². The van der Waals surface area contributed by atoms with Gasteiger partial charge in [-0.3, -0.25) is 9.78 Å². The highest BCUT2D eigenvalue weighted by Gasteiger charge is 2.27. The standard InChI is InChI=1S/C15H19N3O.ClH/c1-3-8-15(2,16)14(19)18-12-6-7-13-11(10-12)5-4-9-17-13;/h4-7,9-10H,3,8,16H2,1-2H3,(H,18,19);1H. The summed E-state index contributed by atoms with van der Waals surface area (Å²) in [4.78, 5) is 16.4. The van der Waals surface area contributed by atoms with Gasteiger partial charge in [0.25, 0.3) is 0 Å². The van der Waals surface area contributed by atoms with Gasteiger partial charge in [-0.25, -0.2) is 0 Å². The van der Waals surface area contributed by atoms with Crippen LogP contribution >= 0.6 is 12.4 Å². The van der Waals surface area contributed by atoms with Gasteiger partial charge in [0.05, 0.1) is 11.1 Å². The number of aromatic nitrogens is 1. The van der Waals surface area contributed by atoms with Gasteiger partial charge in [-0.05, 0) is 37.6 Å². The number of benzene rings is 1. The first-order valence-corrected chi connectivity index (χ1v) is 6.48. The zero-order valence-electron chi connectivity index (χ0n) is 11.7. The van der Waals surface area contributed by atoms with Crippen molar-refractivity contribution >= 4 is 34.9 Å². The van der Waals surface area contributed by atoms with E-state index < -0.39 is 5.54 Å². The summed E-state index contributed by atoms with van der Waals surface area (Å²) in [5.74, 6) is -0.155. The summed E-state index contributed by atoms with van der Waals surface area (Å²) in [5, 5.41) is 3.86. The lowest BCUT2D eigenvalue weighted by Gasteiger charge is -2.22. The third-order valence-electron chi connectivity index (χ3n) is 3.15. The van der Waals surface area contributed by atoms with Gasteiger partial charge < -0.3 is 11.1 Å². The van der Waals surface area contributed by atoms with Gasteiger partial charge in [0.1, 0.15) is 0 Å². The van der Waals surface area contributed by atoms with Crippen LogP contribution in [0.5, 0.6) is 0 Å². The molecule has 0 spiro atoms. The number of anilines is 1. The molecule has 0 saturated carbocycles. The van der Waals surface area contributed by atoms with Crippen LogP contribution in [0.15, 0.2) is 36.5 Å². The molecule has 0 aliphatic rings. The second kappa shape index (κ2) is 6.68. The van der Waals surface area contributed by atoms with Crippen LogP contribution in [0.1, 0.15) is 26.7 Å². The van der Waals surface area contributed by atoms with Gasteiger partial charge in [0.2, 0.25) is 5.91 Å². The average molecular weight is 294 g/mol. The molecule has 3 N–H and O–H groups in total. The topological polar surface area (TPSA) is 68.0 Å². The van der Waals surface area contributed by atoms with Gasteiger partial charge in [-0.15, -0.1) is 12.4 Å². The van der Waals surface area contributed by atoms with E-state index in [0.29, 0.717) is 6.42 Å². The number of nitrogens with two attached hydrogens (primary N) is 1. The number of carbonyl (C=O) groups is 1. The first-order chi connectivity index (χ1) is 9.03. The van der Waals surface area contributed by atoms with E-state index in [4.69, 9.17) is 5.73 Å². The number of halogens is 1. The Bertz CT molecular complexity index is 598. The van der Waals surface area contributed by atoms with Crippen LogP contribution < -0.4 is 11.1 Å². The van der Waals surface area contributed by atoms with Gasteiger partial charge in [0, 0.05) is 17.3 Å². The van der Waals surface area contributed by atoms with Crippen LogP contribution in [0.2, 0.25) is 0 Å². The Morgan fingerprint density at radius 2 is 2.15 bits per heavy atom. The molecule has 0 aliphatic carbocycles. The molecule has 20 heavy (non-hydrogen) atoms. The lowest BCUT2D eigenvalue weighted by molar-refractivity contribution is -0.120. The lowest BCUT2D eigenvalue weighted by Crippen LogP contribution is -2.48. The van der Waals surface area contributed by atoms with Gasteiger partial charge in [0.15, 0.2) is 0 Å². The molecule has 2 rings (SSSR count). The minimum Gasteiger partial charge on any atom is -0.324 e. The SMILES string of the molecule is CCCC(C)(N)C(=O)Nc1ccc2ncccc2c1.Cl. The molecule has 2 aromatic rings. The van der Waals surface area contributed by atoms with E-state index in [1.807, 2.05) is 37.3 Å². The molecule has 0 bridgehead atoms. The highest BCUT2D eigenvalue weighted by Crippen LogP contribution is 2.19. The monoisotopic (exact) mass is 293 g/mol. The van der Waals surface area contributed by atoms with Crippen molar-refractivity contribution in [2.45, 2.75) is 32.2 Å². The Balaban J connectivity index is 0.00000200. The maximum atomic E-state index is 12.1. The van der Waals surface area contributed by atoms with Crippen LogP contribution in [0.4, 0.5) is 5.69 Å². The second-order valence-electron chi connectivity index (χ2n) is 5.03. The normalized spacial score (nSPS) is 13.3. The van der Waals surface area contributed by atoms with E-state index in [-0.39, 0.29) is 18.3 Å². The molecule has 1 amide bonds. The van der Waals surface area contributed by atoms with Crippen molar-refractivity contribution in [1.29, 1.82) is 0 Å². The molecule has 0 radical (unpaired) electrons. The van der Waals surface area contributed by atoms with E-state index in [2.05, 4.69) is 10.3 Å². The van der Waals surface area contributed by atoms with Crippen LogP contribution in [-0.2, 0) is 4.79 Å². The average Bonchev–Trinajstić information content (AvgIpc) is 2.38. The molecule has 4 nitrogen and oxygen atoms in total. The van der Waals surface area contributed by atoms with E-state index in [1.165, 1.54) is 0 Å². The van der Waals surface area contributed by atoms with Gasteiger partial charge >= 0.3 is 0 Å². The fourth-order valence-electron chi connectivity index (χ4n) is 2.06. The van der Waals surface area contributed by atoms with Crippen molar-refractivity contribution in [2.24, 2.45) is 5.73 Å². The number of nitrogens with one attached hydrogen (secondary N) is 1. The van der Waals surface area contributed by atoms with Crippen molar-refractivity contribution in [3.05, 3.63) is 36.5 Å². The summed E-state index contributed by atoms with van der Waals surface area (Å²) >= 11 is 0. The first-order valence-electron chi connectivity index (χ1n) is 6.48. The maximum absolute atomic E-state index is 12.1. The zero-order valence-corrected chi connectivity index (χ0v) is 12.5. The van der Waals surface area contributed by atoms with Crippen molar-refractivity contribution in [1.82, 2.24) is 4.98 Å². The summed E-state index contributed by atoms with van der Waals surface area (Å²) in [6, 6.07) is 9.47. The Hall–Kier alpha value is -1.65. The van der Waals surface area contributed by atoms with Crippen molar-refractivity contribution < 1.29 is 4.79 Å². The van der Waals surface area contributed by atoms with Crippen molar-refractivity contribution in [3.8, 4) is 0 Å². The summed E-state index contributed by atoms with van der Waals surface area (Å²) in [7, 11) is 0. The largest absolute Gasteiger partial charge is 0.324 e. The molecule has 0 aliphatic heterocycles. The van der Waals surface area contributed by atoms with Gasteiger partial charge in [-0.1, -0.05) is 19.4 Å². The maximum Gasteiger partial charge on any atom is 0.244 e. The number of amides is 1. The fraction of sp³-hybridized carbons (Fsp3) is 0.333. The molecule has 1 atom stereocenters. The second-order valence-corrected chi connectivity index (χ2v) is 5.03.